The van der Waals surface area contributed by atoms with Crippen molar-refractivity contribution in [1.82, 2.24) is 15.2 Å². The fourth-order valence-corrected chi connectivity index (χ4v) is 3.80. The fourth-order valence-electron chi connectivity index (χ4n) is 3.80. The lowest BCUT2D eigenvalue weighted by Gasteiger charge is -2.30. The molecule has 1 N–H and O–H groups in total. The van der Waals surface area contributed by atoms with Crippen LogP contribution in [0.25, 0.3) is 0 Å². The van der Waals surface area contributed by atoms with Crippen LogP contribution < -0.4 is 5.32 Å². The highest BCUT2D eigenvalue weighted by Crippen LogP contribution is 2.33. The van der Waals surface area contributed by atoms with Crippen molar-refractivity contribution in [2.45, 2.75) is 57.7 Å². The summed E-state index contributed by atoms with van der Waals surface area (Å²) in [4.78, 5) is 18.6. The van der Waals surface area contributed by atoms with Crippen LogP contribution in [0, 0.1) is 5.92 Å². The number of aromatic nitrogens is 1. The molecule has 2 atom stereocenters. The van der Waals surface area contributed by atoms with Crippen molar-refractivity contribution in [3.63, 3.8) is 0 Å². The molecule has 2 aliphatic rings. The highest BCUT2D eigenvalue weighted by Gasteiger charge is 2.34. The predicted octanol–water partition coefficient (Wildman–Crippen LogP) is 2.77. The number of amides is 1. The van der Waals surface area contributed by atoms with Gasteiger partial charge < -0.3 is 10.2 Å². The molecule has 22 heavy (non-hydrogen) atoms. The monoisotopic (exact) mass is 323 g/mol. The van der Waals surface area contributed by atoms with E-state index < -0.39 is 0 Å². The van der Waals surface area contributed by atoms with Crippen LogP contribution in [0.15, 0.2) is 24.5 Å². The number of pyridine rings is 1. The molecule has 0 spiro atoms. The van der Waals surface area contributed by atoms with E-state index in [0.717, 1.165) is 12.1 Å². The Kier molecular flexibility index (Phi) is 6.21. The minimum Gasteiger partial charge on any atom is -0.339 e. The molecule has 122 valence electrons. The van der Waals surface area contributed by atoms with Crippen LogP contribution in [0.4, 0.5) is 0 Å². The number of fused-ring (bicyclic) bond motifs is 2. The average Bonchev–Trinajstić information content (AvgIpc) is 2.84. The van der Waals surface area contributed by atoms with Crippen LogP contribution in [0.2, 0.25) is 0 Å². The maximum absolute atomic E-state index is 12.6. The van der Waals surface area contributed by atoms with Crippen molar-refractivity contribution in [2.75, 3.05) is 6.54 Å². The summed E-state index contributed by atoms with van der Waals surface area (Å²) in [6.07, 6.45) is 9.24. The van der Waals surface area contributed by atoms with Crippen LogP contribution in [0.3, 0.4) is 0 Å². The molecule has 5 heteroatoms. The van der Waals surface area contributed by atoms with Crippen molar-refractivity contribution in [3.05, 3.63) is 30.1 Å². The van der Waals surface area contributed by atoms with Gasteiger partial charge in [-0.25, -0.2) is 0 Å². The Balaban J connectivity index is 0.00000176. The van der Waals surface area contributed by atoms with Crippen molar-refractivity contribution in [2.24, 2.45) is 5.92 Å². The molecule has 2 fully saturated rings. The average molecular weight is 324 g/mol. The number of hydrogen-bond acceptors (Lipinski definition) is 3. The number of carbonyl (C=O) groups is 1. The molecule has 3 heterocycles. The second-order valence-corrected chi connectivity index (χ2v) is 6.44. The highest BCUT2D eigenvalue weighted by molar-refractivity contribution is 5.85. The molecule has 0 aromatic carbocycles. The van der Waals surface area contributed by atoms with Gasteiger partial charge in [-0.1, -0.05) is 0 Å². The molecule has 1 aromatic rings. The Morgan fingerprint density at radius 3 is 2.50 bits per heavy atom. The SMILES string of the molecule is CCN(Cc1ccncc1)C(=O)CC1CC2CCC(C1)N2.Cl. The summed E-state index contributed by atoms with van der Waals surface area (Å²) in [5, 5.41) is 3.64. The van der Waals surface area contributed by atoms with Gasteiger partial charge in [-0.05, 0) is 56.2 Å². The van der Waals surface area contributed by atoms with Crippen LogP contribution >= 0.6 is 12.4 Å². The third-order valence-electron chi connectivity index (χ3n) is 4.89. The van der Waals surface area contributed by atoms with E-state index in [4.69, 9.17) is 0 Å². The molecule has 2 saturated heterocycles. The molecule has 0 aliphatic carbocycles. The zero-order valence-corrected chi connectivity index (χ0v) is 14.0. The Morgan fingerprint density at radius 1 is 1.27 bits per heavy atom. The first-order valence-corrected chi connectivity index (χ1v) is 8.17. The van der Waals surface area contributed by atoms with Gasteiger partial charge in [-0.2, -0.15) is 0 Å². The number of nitrogens with zero attached hydrogens (tertiary/aromatic N) is 2. The van der Waals surface area contributed by atoms with E-state index >= 15 is 0 Å². The number of piperidine rings is 1. The topological polar surface area (TPSA) is 45.2 Å². The Morgan fingerprint density at radius 2 is 1.91 bits per heavy atom. The lowest BCUT2D eigenvalue weighted by Crippen LogP contribution is -2.40. The van der Waals surface area contributed by atoms with Gasteiger partial charge in [0, 0.05) is 44.0 Å². The lowest BCUT2D eigenvalue weighted by molar-refractivity contribution is -0.132. The number of nitrogens with one attached hydrogen (secondary N) is 1. The van der Waals surface area contributed by atoms with Gasteiger partial charge in [0.25, 0.3) is 0 Å². The second kappa shape index (κ2) is 7.93. The van der Waals surface area contributed by atoms with E-state index in [1.165, 1.54) is 25.7 Å². The number of hydrogen-bond donors (Lipinski definition) is 1. The Hall–Kier alpha value is -1.13. The number of carbonyl (C=O) groups excluding carboxylic acids is 1. The van der Waals surface area contributed by atoms with Gasteiger partial charge >= 0.3 is 0 Å². The third kappa shape index (κ3) is 4.20. The molecule has 2 unspecified atom stereocenters. The van der Waals surface area contributed by atoms with Gasteiger partial charge in [0.05, 0.1) is 0 Å². The van der Waals surface area contributed by atoms with E-state index in [0.29, 0.717) is 36.9 Å². The molecule has 1 amide bonds. The summed E-state index contributed by atoms with van der Waals surface area (Å²) in [7, 11) is 0. The normalized spacial score (nSPS) is 26.3. The zero-order valence-electron chi connectivity index (χ0n) is 13.2. The maximum Gasteiger partial charge on any atom is 0.223 e. The van der Waals surface area contributed by atoms with Gasteiger partial charge in [-0.3, -0.25) is 9.78 Å². The minimum absolute atomic E-state index is 0. The van der Waals surface area contributed by atoms with E-state index in [-0.39, 0.29) is 12.4 Å². The molecule has 3 rings (SSSR count). The van der Waals surface area contributed by atoms with E-state index in [1.54, 1.807) is 12.4 Å². The molecule has 0 saturated carbocycles. The van der Waals surface area contributed by atoms with Crippen molar-refractivity contribution < 1.29 is 4.79 Å². The summed E-state index contributed by atoms with van der Waals surface area (Å²) in [6.45, 7) is 3.54. The first-order valence-electron chi connectivity index (χ1n) is 8.17. The zero-order chi connectivity index (χ0) is 14.7. The van der Waals surface area contributed by atoms with Crippen molar-refractivity contribution in [1.29, 1.82) is 0 Å². The number of halogens is 1. The maximum atomic E-state index is 12.6. The van der Waals surface area contributed by atoms with Gasteiger partial charge in [-0.15, -0.1) is 12.4 Å². The second-order valence-electron chi connectivity index (χ2n) is 6.44. The summed E-state index contributed by atoms with van der Waals surface area (Å²) in [5.41, 5.74) is 1.16. The fraction of sp³-hybridized carbons (Fsp3) is 0.647. The minimum atomic E-state index is 0. The number of rotatable bonds is 5. The van der Waals surface area contributed by atoms with Crippen LogP contribution in [-0.4, -0.2) is 34.4 Å². The Bertz CT molecular complexity index is 470. The molecule has 0 radical (unpaired) electrons. The highest BCUT2D eigenvalue weighted by atomic mass is 35.5. The summed E-state index contributed by atoms with van der Waals surface area (Å²) in [6, 6.07) is 5.30. The lowest BCUT2D eigenvalue weighted by atomic mass is 9.89. The quantitative estimate of drug-likeness (QED) is 0.906. The standard InChI is InChI=1S/C17H25N3O.ClH/c1-2-20(12-13-5-7-18-8-6-13)17(21)11-14-9-15-3-4-16(10-14)19-15;/h5-8,14-16,19H,2-4,9-12H2,1H3;1H. The summed E-state index contributed by atoms with van der Waals surface area (Å²) >= 11 is 0. The third-order valence-corrected chi connectivity index (χ3v) is 4.89. The van der Waals surface area contributed by atoms with Crippen LogP contribution in [-0.2, 0) is 11.3 Å². The van der Waals surface area contributed by atoms with Crippen molar-refractivity contribution in [3.8, 4) is 0 Å². The molecule has 1 aromatic heterocycles. The molecular weight excluding hydrogens is 298 g/mol. The Labute approximate surface area is 139 Å². The first kappa shape index (κ1) is 17.2. The smallest absolute Gasteiger partial charge is 0.223 e. The first-order chi connectivity index (χ1) is 10.2. The molecular formula is C17H26ClN3O. The van der Waals surface area contributed by atoms with Crippen molar-refractivity contribution >= 4 is 18.3 Å². The molecule has 4 nitrogen and oxygen atoms in total. The van der Waals surface area contributed by atoms with E-state index in [1.807, 2.05) is 17.0 Å². The summed E-state index contributed by atoms with van der Waals surface area (Å²) in [5.74, 6) is 0.878. The molecule has 2 bridgehead atoms. The van der Waals surface area contributed by atoms with Crippen LogP contribution in [0.5, 0.6) is 0 Å². The van der Waals surface area contributed by atoms with E-state index in [2.05, 4.69) is 17.2 Å². The van der Waals surface area contributed by atoms with Gasteiger partial charge in [0.1, 0.15) is 0 Å². The van der Waals surface area contributed by atoms with E-state index in [9.17, 15) is 4.79 Å². The van der Waals surface area contributed by atoms with Gasteiger partial charge in [0.2, 0.25) is 5.91 Å². The molecule has 2 aliphatic heterocycles. The van der Waals surface area contributed by atoms with Crippen LogP contribution in [0.1, 0.15) is 44.6 Å². The predicted molar refractivity (Wildman–Crippen MR) is 89.9 cm³/mol. The largest absolute Gasteiger partial charge is 0.339 e. The summed E-state index contributed by atoms with van der Waals surface area (Å²) < 4.78 is 0. The van der Waals surface area contributed by atoms with Gasteiger partial charge in [0.15, 0.2) is 0 Å².